The molecule has 1 N–H and O–H groups in total. The van der Waals surface area contributed by atoms with Gasteiger partial charge in [0.15, 0.2) is 0 Å². The number of carbonyl (C=O) groups excluding carboxylic acids is 2. The maximum Gasteiger partial charge on any atom is 0.257 e. The highest BCUT2D eigenvalue weighted by atomic mass is 16.5. The molecular formula is C30H30N4O4. The molecule has 0 bridgehead atoms. The summed E-state index contributed by atoms with van der Waals surface area (Å²) in [4.78, 5) is 30.7. The summed E-state index contributed by atoms with van der Waals surface area (Å²) in [6.45, 7) is 1.53. The Morgan fingerprint density at radius 1 is 1.00 bits per heavy atom. The minimum atomic E-state index is -0.278. The van der Waals surface area contributed by atoms with Crippen molar-refractivity contribution in [1.29, 1.82) is 0 Å². The first-order valence-electron chi connectivity index (χ1n) is 12.8. The maximum atomic E-state index is 13.5. The number of methoxy groups -OCH3 is 1. The zero-order valence-electron chi connectivity index (χ0n) is 21.5. The Hall–Kier alpha value is -4.46. The van der Waals surface area contributed by atoms with Crippen LogP contribution in [0.4, 0.5) is 5.69 Å². The zero-order chi connectivity index (χ0) is 26.2. The third kappa shape index (κ3) is 4.02. The van der Waals surface area contributed by atoms with E-state index in [0.717, 1.165) is 40.2 Å². The van der Waals surface area contributed by atoms with Crippen molar-refractivity contribution in [3.8, 4) is 11.5 Å². The second-order valence-corrected chi connectivity index (χ2v) is 9.59. The van der Waals surface area contributed by atoms with Crippen LogP contribution in [0.15, 0.2) is 72.8 Å². The number of hydrogen-bond acceptors (Lipinski definition) is 5. The summed E-state index contributed by atoms with van der Waals surface area (Å²) in [7, 11) is 3.65. The van der Waals surface area contributed by atoms with E-state index in [1.807, 2.05) is 72.6 Å². The van der Waals surface area contributed by atoms with Crippen LogP contribution in [0.1, 0.15) is 27.8 Å². The van der Waals surface area contributed by atoms with Gasteiger partial charge in [-0.25, -0.2) is 0 Å². The average Bonchev–Trinajstić information content (AvgIpc) is 3.27. The smallest absolute Gasteiger partial charge is 0.257 e. The number of nitrogens with zero attached hydrogens (tertiary/aromatic N) is 3. The minimum absolute atomic E-state index is 0.0336. The molecule has 1 aromatic heterocycles. The molecule has 6 rings (SSSR count). The molecule has 2 aliphatic rings. The van der Waals surface area contributed by atoms with Gasteiger partial charge >= 0.3 is 0 Å². The van der Waals surface area contributed by atoms with E-state index in [0.29, 0.717) is 25.3 Å². The Bertz CT molecular complexity index is 1510. The standard InChI is InChI=1S/C30H30N4O4/c1-32-25-9-5-4-8-24(25)30(36)33-17-15-23-22-7-3-6-10-26(22)34(28(23)29(32)33)19-27(35)31-16-18-38-21-13-11-20(37-2)12-14-21/h3-14,29H,15-19H2,1-2H3,(H,31,35)/t29-/m1/s1. The molecule has 2 amide bonds. The first-order chi connectivity index (χ1) is 18.6. The highest BCUT2D eigenvalue weighted by molar-refractivity contribution is 6.02. The Morgan fingerprint density at radius 2 is 1.74 bits per heavy atom. The molecule has 0 spiro atoms. The molecule has 0 saturated carbocycles. The van der Waals surface area contributed by atoms with Crippen LogP contribution >= 0.6 is 0 Å². The minimum Gasteiger partial charge on any atom is -0.497 e. The van der Waals surface area contributed by atoms with Gasteiger partial charge in [0, 0.05) is 24.5 Å². The predicted molar refractivity (Wildman–Crippen MR) is 146 cm³/mol. The van der Waals surface area contributed by atoms with Crippen LogP contribution in [-0.4, -0.2) is 55.1 Å². The molecule has 0 saturated heterocycles. The third-order valence-corrected chi connectivity index (χ3v) is 7.46. The largest absolute Gasteiger partial charge is 0.497 e. The molecule has 0 aliphatic carbocycles. The van der Waals surface area contributed by atoms with Crippen LogP contribution in [-0.2, 0) is 17.8 Å². The quantitative estimate of drug-likeness (QED) is 0.381. The molecule has 38 heavy (non-hydrogen) atoms. The Labute approximate surface area is 221 Å². The number of aromatic nitrogens is 1. The van der Waals surface area contributed by atoms with Crippen LogP contribution in [0.3, 0.4) is 0 Å². The summed E-state index contributed by atoms with van der Waals surface area (Å²) in [6, 6.07) is 23.3. The van der Waals surface area contributed by atoms with Gasteiger partial charge in [0.1, 0.15) is 30.8 Å². The van der Waals surface area contributed by atoms with Crippen LogP contribution in [0.5, 0.6) is 11.5 Å². The van der Waals surface area contributed by atoms with Crippen molar-refractivity contribution in [2.24, 2.45) is 0 Å². The van der Waals surface area contributed by atoms with Crippen molar-refractivity contribution >= 4 is 28.4 Å². The van der Waals surface area contributed by atoms with Gasteiger partial charge in [0.25, 0.3) is 5.91 Å². The number of amides is 2. The molecule has 0 radical (unpaired) electrons. The van der Waals surface area contributed by atoms with Crippen molar-refractivity contribution < 1.29 is 19.1 Å². The Morgan fingerprint density at radius 3 is 2.55 bits per heavy atom. The molecule has 0 fully saturated rings. The van der Waals surface area contributed by atoms with E-state index in [1.54, 1.807) is 7.11 Å². The predicted octanol–water partition coefficient (Wildman–Crippen LogP) is 3.99. The van der Waals surface area contributed by atoms with Gasteiger partial charge in [-0.05, 0) is 54.4 Å². The fourth-order valence-corrected chi connectivity index (χ4v) is 5.71. The molecule has 194 valence electrons. The van der Waals surface area contributed by atoms with Crippen molar-refractivity contribution in [1.82, 2.24) is 14.8 Å². The van der Waals surface area contributed by atoms with Gasteiger partial charge in [0.2, 0.25) is 5.91 Å². The number of rotatable bonds is 7. The highest BCUT2D eigenvalue weighted by Gasteiger charge is 2.42. The summed E-state index contributed by atoms with van der Waals surface area (Å²) in [5.41, 5.74) is 4.84. The lowest BCUT2D eigenvalue weighted by Crippen LogP contribution is -2.51. The fraction of sp³-hybridized carbons (Fsp3) is 0.267. The van der Waals surface area contributed by atoms with Gasteiger partial charge in [0.05, 0.1) is 30.6 Å². The second kappa shape index (κ2) is 9.78. The fourth-order valence-electron chi connectivity index (χ4n) is 5.71. The lowest BCUT2D eigenvalue weighted by Gasteiger charge is -2.46. The van der Waals surface area contributed by atoms with Crippen LogP contribution in [0, 0.1) is 0 Å². The lowest BCUT2D eigenvalue weighted by molar-refractivity contribution is -0.121. The SMILES string of the molecule is COc1ccc(OCCNC(=O)Cn2c3c(c4ccccc42)CCN2C(=O)c4ccccc4N(C)[C@@H]32)cc1. The van der Waals surface area contributed by atoms with Gasteiger partial charge < -0.3 is 29.2 Å². The number of hydrogen-bond donors (Lipinski definition) is 1. The van der Waals surface area contributed by atoms with E-state index in [1.165, 1.54) is 5.56 Å². The molecule has 1 atom stereocenters. The van der Waals surface area contributed by atoms with Gasteiger partial charge in [-0.15, -0.1) is 0 Å². The number of fused-ring (bicyclic) bond motifs is 6. The second-order valence-electron chi connectivity index (χ2n) is 9.59. The number of benzene rings is 3. The van der Waals surface area contributed by atoms with Crippen LogP contribution in [0.25, 0.3) is 10.9 Å². The van der Waals surface area contributed by atoms with Crippen molar-refractivity contribution in [3.05, 3.63) is 89.6 Å². The van der Waals surface area contributed by atoms with E-state index in [2.05, 4.69) is 26.9 Å². The van der Waals surface area contributed by atoms with Crippen molar-refractivity contribution in [2.45, 2.75) is 19.1 Å². The number of ether oxygens (including phenoxy) is 2. The third-order valence-electron chi connectivity index (χ3n) is 7.46. The number of para-hydroxylation sites is 2. The first kappa shape index (κ1) is 23.9. The molecule has 4 aromatic rings. The van der Waals surface area contributed by atoms with E-state index < -0.39 is 0 Å². The van der Waals surface area contributed by atoms with Gasteiger partial charge in [-0.1, -0.05) is 30.3 Å². The summed E-state index contributed by atoms with van der Waals surface area (Å²) in [5.74, 6) is 1.41. The molecule has 8 heteroatoms. The highest BCUT2D eigenvalue weighted by Crippen LogP contribution is 2.44. The maximum absolute atomic E-state index is 13.5. The normalized spacial score (nSPS) is 16.1. The number of nitrogens with one attached hydrogen (secondary N) is 1. The van der Waals surface area contributed by atoms with E-state index in [9.17, 15) is 9.59 Å². The van der Waals surface area contributed by atoms with Gasteiger partial charge in [-0.3, -0.25) is 9.59 Å². The van der Waals surface area contributed by atoms with Gasteiger partial charge in [-0.2, -0.15) is 0 Å². The molecule has 3 aromatic carbocycles. The number of carbonyl (C=O) groups is 2. The number of anilines is 1. The molecule has 0 unspecified atom stereocenters. The van der Waals surface area contributed by atoms with Crippen LogP contribution in [0.2, 0.25) is 0 Å². The topological polar surface area (TPSA) is 76.0 Å². The molecular weight excluding hydrogens is 480 g/mol. The Kier molecular flexibility index (Phi) is 6.15. The van der Waals surface area contributed by atoms with Crippen molar-refractivity contribution in [2.75, 3.05) is 38.8 Å². The summed E-state index contributed by atoms with van der Waals surface area (Å²) >= 11 is 0. The Balaban J connectivity index is 1.25. The average molecular weight is 511 g/mol. The van der Waals surface area contributed by atoms with Crippen molar-refractivity contribution in [3.63, 3.8) is 0 Å². The van der Waals surface area contributed by atoms with E-state index in [-0.39, 0.29) is 24.5 Å². The summed E-state index contributed by atoms with van der Waals surface area (Å²) in [6.07, 6.45) is 0.470. The zero-order valence-corrected chi connectivity index (χ0v) is 21.5. The lowest BCUT2D eigenvalue weighted by atomic mass is 9.96. The van der Waals surface area contributed by atoms with E-state index in [4.69, 9.17) is 9.47 Å². The summed E-state index contributed by atoms with van der Waals surface area (Å²) in [5, 5.41) is 4.13. The first-order valence-corrected chi connectivity index (χ1v) is 12.8. The molecule has 8 nitrogen and oxygen atoms in total. The monoisotopic (exact) mass is 510 g/mol. The van der Waals surface area contributed by atoms with Crippen LogP contribution < -0.4 is 19.7 Å². The summed E-state index contributed by atoms with van der Waals surface area (Å²) < 4.78 is 13.0. The molecule has 2 aliphatic heterocycles. The molecule has 3 heterocycles. The van der Waals surface area contributed by atoms with E-state index >= 15 is 0 Å².